The molecule has 61 heavy (non-hydrogen) atoms. The first kappa shape index (κ1) is 45.2. The monoisotopic (exact) mass is 870 g/mol. The molecular weight excluding hydrogens is 800 g/mol. The lowest BCUT2D eigenvalue weighted by molar-refractivity contribution is -0.380. The Labute approximate surface area is 357 Å². The Morgan fingerprint density at radius 3 is 2.08 bits per heavy atom. The first-order valence-corrected chi connectivity index (χ1v) is 22.9. The molecule has 0 amide bonds. The smallest absolute Gasteiger partial charge is 0.187 e. The molecule has 5 aliphatic heterocycles. The van der Waals surface area contributed by atoms with Gasteiger partial charge in [-0.05, 0) is 87.4 Å². The second-order valence-corrected chi connectivity index (χ2v) is 20.7. The molecule has 3 saturated carbocycles. The average Bonchev–Trinajstić information content (AvgIpc) is 3.74. The van der Waals surface area contributed by atoms with E-state index >= 15 is 0 Å². The summed E-state index contributed by atoms with van der Waals surface area (Å²) in [6.45, 7) is 9.89. The van der Waals surface area contributed by atoms with Crippen LogP contribution in [0.5, 0.6) is 0 Å². The third-order valence-electron chi connectivity index (χ3n) is 17.6. The molecule has 9 aliphatic rings. The minimum atomic E-state index is -1.72. The number of aliphatic hydroxyl groups is 9. The van der Waals surface area contributed by atoms with Crippen molar-refractivity contribution in [2.75, 3.05) is 19.8 Å². The van der Waals surface area contributed by atoms with Crippen LogP contribution in [0.25, 0.3) is 0 Å². The zero-order valence-electron chi connectivity index (χ0n) is 36.0. The Hall–Kier alpha value is -0.940. The van der Waals surface area contributed by atoms with Crippen LogP contribution in [0.15, 0.2) is 11.6 Å². The molecule has 0 aromatic carbocycles. The molecule has 25 atom stereocenters. The molecule has 1 spiro atoms. The fraction of sp³-hybridized carbons (Fsp3) is 0.955. The maximum atomic E-state index is 12.8. The van der Waals surface area contributed by atoms with Gasteiger partial charge < -0.3 is 83.9 Å². The van der Waals surface area contributed by atoms with E-state index in [9.17, 15) is 46.0 Å². The SMILES string of the molecule is C[C@@H]1CC[C@@]2(OC1)O[C@@H]1C[C@H]3[C@H]4CC=C5C[C@H](O[C@H]6O[C@@H](CO)[C@@H](O[C@@H]7O[C@@H](CO)[C@H](O)[C@H]7O)[C@@H](O)[C@@H]6O[C@H]6O[C@H](C)[C@@H](O)[C@H](O)[C@H]6O)CC[C@]5(C)[C@@H]4CC[C@]3(C)[C@@]1(O)[C@@H]2C. The zero-order valence-corrected chi connectivity index (χ0v) is 36.0. The van der Waals surface area contributed by atoms with E-state index in [4.69, 9.17) is 37.9 Å². The Kier molecular flexibility index (Phi) is 12.2. The first-order valence-electron chi connectivity index (χ1n) is 22.9. The van der Waals surface area contributed by atoms with E-state index in [-0.39, 0.29) is 22.9 Å². The number of ether oxygens (including phenoxy) is 8. The summed E-state index contributed by atoms with van der Waals surface area (Å²) in [4.78, 5) is 0. The van der Waals surface area contributed by atoms with Crippen molar-refractivity contribution in [3.05, 3.63) is 11.6 Å². The summed E-state index contributed by atoms with van der Waals surface area (Å²) in [7, 11) is 0. The molecule has 0 aromatic rings. The van der Waals surface area contributed by atoms with Crippen LogP contribution in [-0.2, 0) is 37.9 Å². The van der Waals surface area contributed by atoms with Gasteiger partial charge in [0.25, 0.3) is 0 Å². The Morgan fingerprint density at radius 2 is 1.39 bits per heavy atom. The summed E-state index contributed by atoms with van der Waals surface area (Å²) in [5, 5.41) is 97.6. The molecule has 0 bridgehead atoms. The fourth-order valence-corrected chi connectivity index (χ4v) is 13.8. The van der Waals surface area contributed by atoms with E-state index in [1.165, 1.54) is 12.5 Å². The minimum absolute atomic E-state index is 0.109. The van der Waals surface area contributed by atoms with Gasteiger partial charge in [-0.1, -0.05) is 39.3 Å². The van der Waals surface area contributed by atoms with Gasteiger partial charge in [-0.25, -0.2) is 0 Å². The molecule has 9 N–H and O–H groups in total. The standard InChI is InChI=1S/C44H70O17/c1-19-8-13-43(54-18-19)21(3)44(53)29(61-43)15-26-24-7-6-22-14-23(9-11-41(22,4)25(24)10-12-42(26,44)5)56-40-37(60-38-34(51)32(49)30(47)20(2)55-38)35(52)36(28(17-46)58-40)59-39-33(50)31(48)27(16-45)57-39/h6,19-21,23-40,45-53H,7-18H2,1-5H3/t19-,20-,21-,23-,24+,25-,26+,27+,28+,29-,30-,31+,32+,33-,34-,35-,36-,37+,38-,39+,40+,41+,42+,43-,44-/m1/s1. The van der Waals surface area contributed by atoms with Crippen molar-refractivity contribution in [3.63, 3.8) is 0 Å². The molecular formula is C44H70O17. The van der Waals surface area contributed by atoms with E-state index in [2.05, 4.69) is 33.8 Å². The summed E-state index contributed by atoms with van der Waals surface area (Å²) in [6, 6.07) is 0. The van der Waals surface area contributed by atoms with Crippen LogP contribution in [0.2, 0.25) is 0 Å². The molecule has 4 aliphatic carbocycles. The molecule has 9 rings (SSSR count). The van der Waals surface area contributed by atoms with Gasteiger partial charge in [-0.15, -0.1) is 0 Å². The normalized spacial score (nSPS) is 58.2. The van der Waals surface area contributed by atoms with E-state index in [1.807, 2.05) is 0 Å². The highest BCUT2D eigenvalue weighted by atomic mass is 16.8. The van der Waals surface area contributed by atoms with Crippen LogP contribution < -0.4 is 0 Å². The van der Waals surface area contributed by atoms with E-state index in [1.54, 1.807) is 0 Å². The van der Waals surface area contributed by atoms with Crippen molar-refractivity contribution in [1.82, 2.24) is 0 Å². The molecule has 0 aromatic heterocycles. The highest BCUT2D eigenvalue weighted by Crippen LogP contribution is 2.72. The van der Waals surface area contributed by atoms with Gasteiger partial charge in [0.2, 0.25) is 0 Å². The topological polar surface area (TPSA) is 256 Å². The summed E-state index contributed by atoms with van der Waals surface area (Å²) < 4.78 is 49.5. The van der Waals surface area contributed by atoms with Gasteiger partial charge in [-0.3, -0.25) is 0 Å². The predicted octanol–water partition coefficient (Wildman–Crippen LogP) is -0.0319. The van der Waals surface area contributed by atoms with Gasteiger partial charge in [0.1, 0.15) is 66.6 Å². The summed E-state index contributed by atoms with van der Waals surface area (Å²) >= 11 is 0. The third kappa shape index (κ3) is 6.97. The second kappa shape index (κ2) is 16.4. The molecule has 8 fully saturated rings. The van der Waals surface area contributed by atoms with Gasteiger partial charge in [0.05, 0.1) is 38.1 Å². The molecule has 348 valence electrons. The maximum Gasteiger partial charge on any atom is 0.187 e. The Balaban J connectivity index is 0.922. The Bertz CT molecular complexity index is 1610. The lowest BCUT2D eigenvalue weighted by Gasteiger charge is -2.60. The van der Waals surface area contributed by atoms with E-state index in [0.717, 1.165) is 44.9 Å². The van der Waals surface area contributed by atoms with Crippen molar-refractivity contribution < 1.29 is 83.9 Å². The fourth-order valence-electron chi connectivity index (χ4n) is 13.8. The van der Waals surface area contributed by atoms with Crippen LogP contribution in [-0.4, -0.2) is 175 Å². The zero-order chi connectivity index (χ0) is 43.6. The summed E-state index contributed by atoms with van der Waals surface area (Å²) in [5.41, 5.74) is -0.100. The predicted molar refractivity (Wildman–Crippen MR) is 210 cm³/mol. The number of allylic oxidation sites excluding steroid dienone is 1. The molecule has 17 nitrogen and oxygen atoms in total. The maximum absolute atomic E-state index is 12.8. The second-order valence-electron chi connectivity index (χ2n) is 20.7. The van der Waals surface area contributed by atoms with Crippen LogP contribution in [0, 0.1) is 40.4 Å². The van der Waals surface area contributed by atoms with Crippen LogP contribution >= 0.6 is 0 Å². The lowest BCUT2D eigenvalue weighted by atomic mass is 9.46. The molecule has 17 heteroatoms. The minimum Gasteiger partial charge on any atom is -0.394 e. The largest absolute Gasteiger partial charge is 0.394 e. The number of hydrogen-bond acceptors (Lipinski definition) is 17. The van der Waals surface area contributed by atoms with Crippen molar-refractivity contribution in [2.24, 2.45) is 40.4 Å². The highest BCUT2D eigenvalue weighted by Gasteiger charge is 2.76. The van der Waals surface area contributed by atoms with Gasteiger partial charge in [0, 0.05) is 17.8 Å². The number of fused-ring (bicyclic) bond motifs is 7. The van der Waals surface area contributed by atoms with Crippen molar-refractivity contribution in [2.45, 2.75) is 202 Å². The molecule has 5 saturated heterocycles. The van der Waals surface area contributed by atoms with Gasteiger partial charge >= 0.3 is 0 Å². The average molecular weight is 871 g/mol. The van der Waals surface area contributed by atoms with Crippen molar-refractivity contribution in [3.8, 4) is 0 Å². The third-order valence-corrected chi connectivity index (χ3v) is 17.6. The lowest BCUT2D eigenvalue weighted by Crippen LogP contribution is -2.65. The highest BCUT2D eigenvalue weighted by molar-refractivity contribution is 5.29. The summed E-state index contributed by atoms with van der Waals surface area (Å²) in [6.07, 6.45) is -11.0. The van der Waals surface area contributed by atoms with Crippen LogP contribution in [0.4, 0.5) is 0 Å². The molecule has 0 unspecified atom stereocenters. The molecule has 5 heterocycles. The van der Waals surface area contributed by atoms with Crippen molar-refractivity contribution in [1.29, 1.82) is 0 Å². The van der Waals surface area contributed by atoms with E-state index < -0.39 is 117 Å². The number of rotatable bonds is 8. The van der Waals surface area contributed by atoms with Crippen molar-refractivity contribution >= 4 is 0 Å². The van der Waals surface area contributed by atoms with Gasteiger partial charge in [0.15, 0.2) is 24.7 Å². The quantitative estimate of drug-likeness (QED) is 0.145. The Morgan fingerprint density at radius 1 is 0.705 bits per heavy atom. The first-order chi connectivity index (χ1) is 28.9. The van der Waals surface area contributed by atoms with Gasteiger partial charge in [-0.2, -0.15) is 0 Å². The van der Waals surface area contributed by atoms with E-state index in [0.29, 0.717) is 43.1 Å². The molecule has 0 radical (unpaired) electrons. The van der Waals surface area contributed by atoms with Crippen LogP contribution in [0.3, 0.4) is 0 Å². The number of hydrogen-bond donors (Lipinski definition) is 9. The number of aliphatic hydroxyl groups excluding tert-OH is 8. The summed E-state index contributed by atoms with van der Waals surface area (Å²) in [5.74, 6) is 0.693. The van der Waals surface area contributed by atoms with Crippen LogP contribution in [0.1, 0.15) is 92.4 Å².